The summed E-state index contributed by atoms with van der Waals surface area (Å²) >= 11 is 0. The maximum Gasteiger partial charge on any atom is 0.183 e. The highest BCUT2D eigenvalue weighted by Gasteiger charge is 2.09. The zero-order valence-electron chi connectivity index (χ0n) is 7.15. The lowest BCUT2D eigenvalue weighted by Gasteiger charge is -1.96. The molecule has 0 saturated carbocycles. The Hall–Kier alpha value is -1.69. The fraction of sp³-hybridized carbons (Fsp3) is 0.286. The van der Waals surface area contributed by atoms with Crippen molar-refractivity contribution in [2.45, 2.75) is 13.0 Å². The highest BCUT2D eigenvalue weighted by atomic mass is 15.1. The first-order valence-electron chi connectivity index (χ1n) is 3.90. The van der Waals surface area contributed by atoms with Gasteiger partial charge in [-0.1, -0.05) is 0 Å². The number of rotatable bonds is 1. The SMILES string of the molecule is CC(N)c1nc2ncnc(N)c2[nH]1. The van der Waals surface area contributed by atoms with E-state index in [0.717, 1.165) is 0 Å². The summed E-state index contributed by atoms with van der Waals surface area (Å²) in [5, 5.41) is 0. The minimum Gasteiger partial charge on any atom is -0.382 e. The molecule has 13 heavy (non-hydrogen) atoms. The van der Waals surface area contributed by atoms with Crippen molar-refractivity contribution in [2.75, 3.05) is 5.73 Å². The molecular formula is C7H10N6. The van der Waals surface area contributed by atoms with E-state index in [2.05, 4.69) is 19.9 Å². The molecule has 0 aliphatic rings. The summed E-state index contributed by atoms with van der Waals surface area (Å²) in [5.41, 5.74) is 12.5. The Labute approximate surface area is 74.4 Å². The van der Waals surface area contributed by atoms with E-state index < -0.39 is 0 Å². The smallest absolute Gasteiger partial charge is 0.183 e. The van der Waals surface area contributed by atoms with Crippen LogP contribution in [0.4, 0.5) is 5.82 Å². The molecule has 0 aliphatic carbocycles. The van der Waals surface area contributed by atoms with Crippen LogP contribution in [0.2, 0.25) is 0 Å². The highest BCUT2D eigenvalue weighted by Crippen LogP contribution is 2.15. The quantitative estimate of drug-likeness (QED) is 0.567. The number of nitrogens with zero attached hydrogens (tertiary/aromatic N) is 3. The number of nitrogens with one attached hydrogen (secondary N) is 1. The Kier molecular flexibility index (Phi) is 1.63. The van der Waals surface area contributed by atoms with Crippen molar-refractivity contribution in [3.63, 3.8) is 0 Å². The van der Waals surface area contributed by atoms with E-state index in [1.165, 1.54) is 6.33 Å². The third-order valence-electron chi connectivity index (χ3n) is 1.77. The second-order valence-electron chi connectivity index (χ2n) is 2.87. The van der Waals surface area contributed by atoms with Gasteiger partial charge in [0.25, 0.3) is 0 Å². The van der Waals surface area contributed by atoms with Crippen LogP contribution in [-0.2, 0) is 0 Å². The van der Waals surface area contributed by atoms with Crippen LogP contribution < -0.4 is 11.5 Å². The second kappa shape index (κ2) is 2.67. The molecule has 0 saturated heterocycles. The van der Waals surface area contributed by atoms with Crippen LogP contribution in [0.5, 0.6) is 0 Å². The molecule has 68 valence electrons. The van der Waals surface area contributed by atoms with Gasteiger partial charge in [0.05, 0.1) is 6.04 Å². The van der Waals surface area contributed by atoms with Gasteiger partial charge in [-0.05, 0) is 6.92 Å². The van der Waals surface area contributed by atoms with Crippen molar-refractivity contribution in [3.8, 4) is 0 Å². The first-order valence-corrected chi connectivity index (χ1v) is 3.90. The van der Waals surface area contributed by atoms with Gasteiger partial charge in [0.15, 0.2) is 11.5 Å². The van der Waals surface area contributed by atoms with Gasteiger partial charge in [0.2, 0.25) is 0 Å². The monoisotopic (exact) mass is 178 g/mol. The molecule has 5 N–H and O–H groups in total. The van der Waals surface area contributed by atoms with E-state index in [-0.39, 0.29) is 6.04 Å². The lowest BCUT2D eigenvalue weighted by atomic mass is 10.3. The van der Waals surface area contributed by atoms with E-state index in [9.17, 15) is 0 Å². The van der Waals surface area contributed by atoms with Gasteiger partial charge >= 0.3 is 0 Å². The third-order valence-corrected chi connectivity index (χ3v) is 1.77. The summed E-state index contributed by atoms with van der Waals surface area (Å²) < 4.78 is 0. The summed E-state index contributed by atoms with van der Waals surface area (Å²) in [4.78, 5) is 14.9. The molecule has 1 unspecified atom stereocenters. The van der Waals surface area contributed by atoms with E-state index in [1.54, 1.807) is 0 Å². The molecule has 6 heteroatoms. The number of hydrogen-bond acceptors (Lipinski definition) is 5. The lowest BCUT2D eigenvalue weighted by Crippen LogP contribution is -2.06. The molecule has 0 radical (unpaired) electrons. The first-order chi connectivity index (χ1) is 6.18. The van der Waals surface area contributed by atoms with Crippen LogP contribution in [0.3, 0.4) is 0 Å². The molecule has 6 nitrogen and oxygen atoms in total. The Morgan fingerprint density at radius 3 is 2.85 bits per heavy atom. The van der Waals surface area contributed by atoms with Gasteiger partial charge in [0.1, 0.15) is 17.7 Å². The number of nitrogens with two attached hydrogens (primary N) is 2. The summed E-state index contributed by atoms with van der Waals surface area (Å²) in [7, 11) is 0. The standard InChI is InChI=1S/C7H10N6/c1-3(8)6-12-4-5(9)10-2-11-7(4)13-6/h2-3H,8H2,1H3,(H3,9,10,11,12,13). The summed E-state index contributed by atoms with van der Waals surface area (Å²) in [6.07, 6.45) is 1.38. The van der Waals surface area contributed by atoms with Gasteiger partial charge in [-0.25, -0.2) is 15.0 Å². The molecule has 2 heterocycles. The van der Waals surface area contributed by atoms with Crippen LogP contribution in [-0.4, -0.2) is 19.9 Å². The molecule has 0 amide bonds. The normalized spacial score (nSPS) is 13.4. The van der Waals surface area contributed by atoms with Crippen molar-refractivity contribution in [3.05, 3.63) is 12.2 Å². The van der Waals surface area contributed by atoms with Crippen LogP contribution >= 0.6 is 0 Å². The molecule has 0 bridgehead atoms. The third kappa shape index (κ3) is 1.20. The zero-order valence-corrected chi connectivity index (χ0v) is 7.15. The molecule has 0 spiro atoms. The molecule has 0 aliphatic heterocycles. The second-order valence-corrected chi connectivity index (χ2v) is 2.87. The van der Waals surface area contributed by atoms with Crippen molar-refractivity contribution < 1.29 is 0 Å². The average molecular weight is 178 g/mol. The van der Waals surface area contributed by atoms with Crippen molar-refractivity contribution >= 4 is 17.0 Å². The summed E-state index contributed by atoms with van der Waals surface area (Å²) in [5.74, 6) is 1.06. The number of H-pyrrole nitrogens is 1. The Bertz CT molecular complexity index is 431. The number of hydrogen-bond donors (Lipinski definition) is 3. The van der Waals surface area contributed by atoms with Gasteiger partial charge in [-0.2, -0.15) is 0 Å². The Morgan fingerprint density at radius 2 is 2.23 bits per heavy atom. The number of anilines is 1. The van der Waals surface area contributed by atoms with Crippen LogP contribution in [0.25, 0.3) is 11.2 Å². The highest BCUT2D eigenvalue weighted by molar-refractivity contribution is 5.81. The Morgan fingerprint density at radius 1 is 1.46 bits per heavy atom. The molecule has 2 aromatic rings. The van der Waals surface area contributed by atoms with Gasteiger partial charge in [-0.15, -0.1) is 0 Å². The van der Waals surface area contributed by atoms with Crippen LogP contribution in [0.15, 0.2) is 6.33 Å². The van der Waals surface area contributed by atoms with Gasteiger partial charge in [0, 0.05) is 0 Å². The first kappa shape index (κ1) is 7.93. The number of nitrogen functional groups attached to an aromatic ring is 1. The van der Waals surface area contributed by atoms with Crippen molar-refractivity contribution in [1.29, 1.82) is 0 Å². The predicted octanol–water partition coefficient (Wildman–Crippen LogP) is -0.0452. The largest absolute Gasteiger partial charge is 0.382 e. The zero-order chi connectivity index (χ0) is 9.42. The van der Waals surface area contributed by atoms with E-state index in [1.807, 2.05) is 6.92 Å². The van der Waals surface area contributed by atoms with Crippen molar-refractivity contribution in [1.82, 2.24) is 19.9 Å². The number of aromatic nitrogens is 4. The maximum atomic E-state index is 5.64. The molecule has 0 aromatic carbocycles. The van der Waals surface area contributed by atoms with E-state index >= 15 is 0 Å². The minimum absolute atomic E-state index is 0.159. The average Bonchev–Trinajstić information content (AvgIpc) is 2.49. The topological polar surface area (TPSA) is 106 Å². The molecular weight excluding hydrogens is 168 g/mol. The fourth-order valence-electron chi connectivity index (χ4n) is 1.08. The molecule has 1 atom stereocenters. The predicted molar refractivity (Wildman–Crippen MR) is 48.7 cm³/mol. The number of aromatic amines is 1. The molecule has 0 fully saturated rings. The van der Waals surface area contributed by atoms with Crippen LogP contribution in [0.1, 0.15) is 18.8 Å². The van der Waals surface area contributed by atoms with E-state index in [4.69, 9.17) is 11.5 Å². The maximum absolute atomic E-state index is 5.64. The van der Waals surface area contributed by atoms with E-state index in [0.29, 0.717) is 22.8 Å². The number of imidazole rings is 1. The van der Waals surface area contributed by atoms with Crippen molar-refractivity contribution in [2.24, 2.45) is 5.73 Å². The Balaban J connectivity index is 2.68. The number of fused-ring (bicyclic) bond motifs is 1. The lowest BCUT2D eigenvalue weighted by molar-refractivity contribution is 0.759. The summed E-state index contributed by atoms with van der Waals surface area (Å²) in [6.45, 7) is 1.83. The van der Waals surface area contributed by atoms with Crippen LogP contribution in [0, 0.1) is 0 Å². The molecule has 2 aromatic heterocycles. The summed E-state index contributed by atoms with van der Waals surface area (Å²) in [6, 6.07) is -0.159. The minimum atomic E-state index is -0.159. The fourth-order valence-corrected chi connectivity index (χ4v) is 1.08. The van der Waals surface area contributed by atoms with Gasteiger partial charge < -0.3 is 16.5 Å². The molecule has 2 rings (SSSR count). The van der Waals surface area contributed by atoms with Gasteiger partial charge in [-0.3, -0.25) is 0 Å².